The number of nitrogens with zero attached hydrogens (tertiary/aromatic N) is 2. The molecule has 0 saturated carbocycles. The van der Waals surface area contributed by atoms with Crippen molar-refractivity contribution in [3.05, 3.63) is 30.5 Å². The molecule has 1 atom stereocenters. The van der Waals surface area contributed by atoms with E-state index in [0.717, 1.165) is 6.04 Å². The fourth-order valence-electron chi connectivity index (χ4n) is 3.69. The number of benzene rings is 1. The molecule has 2 fully saturated rings. The molecule has 2 aromatic rings. The fourth-order valence-corrected chi connectivity index (χ4v) is 3.69. The molecule has 1 aromatic heterocycles. The molecule has 2 aliphatic rings. The second-order valence-corrected chi connectivity index (χ2v) is 5.85. The molecule has 100 valence electrons. The summed E-state index contributed by atoms with van der Waals surface area (Å²) in [6.07, 6.45) is 6.36. The van der Waals surface area contributed by atoms with E-state index >= 15 is 0 Å². The normalized spacial score (nSPS) is 24.6. The van der Waals surface area contributed by atoms with Gasteiger partial charge in [0.15, 0.2) is 0 Å². The van der Waals surface area contributed by atoms with Gasteiger partial charge in [-0.25, -0.2) is 0 Å². The van der Waals surface area contributed by atoms with Crippen LogP contribution in [0.15, 0.2) is 30.5 Å². The number of para-hydroxylation sites is 1. The van der Waals surface area contributed by atoms with Gasteiger partial charge in [-0.2, -0.15) is 0 Å². The van der Waals surface area contributed by atoms with E-state index in [4.69, 9.17) is 0 Å². The van der Waals surface area contributed by atoms with E-state index < -0.39 is 0 Å². The molecule has 4 rings (SSSR count). The molecule has 0 unspecified atom stereocenters. The molecule has 3 heterocycles. The zero-order chi connectivity index (χ0) is 12.7. The molecule has 0 spiro atoms. The van der Waals surface area contributed by atoms with Crippen LogP contribution in [0.25, 0.3) is 10.9 Å². The second-order valence-electron chi connectivity index (χ2n) is 5.85. The number of anilines is 1. The van der Waals surface area contributed by atoms with Gasteiger partial charge in [-0.15, -0.1) is 0 Å². The Labute approximate surface area is 114 Å². The first-order valence-corrected chi connectivity index (χ1v) is 7.47. The van der Waals surface area contributed by atoms with Gasteiger partial charge in [0.25, 0.3) is 0 Å². The molecule has 2 saturated heterocycles. The number of piperazine rings is 1. The first-order valence-electron chi connectivity index (χ1n) is 7.47. The fraction of sp³-hybridized carbons (Fsp3) is 0.500. The molecule has 0 radical (unpaired) electrons. The maximum atomic E-state index is 3.40. The topological polar surface area (TPSA) is 22.3 Å². The van der Waals surface area contributed by atoms with Gasteiger partial charge in [0, 0.05) is 42.8 Å². The summed E-state index contributed by atoms with van der Waals surface area (Å²) in [7, 11) is 0. The lowest BCUT2D eigenvalue weighted by Crippen LogP contribution is -2.54. The first kappa shape index (κ1) is 11.4. The Morgan fingerprint density at radius 3 is 3.00 bits per heavy atom. The van der Waals surface area contributed by atoms with Crippen molar-refractivity contribution in [3.8, 4) is 0 Å². The third-order valence-electron chi connectivity index (χ3n) is 4.75. The number of hydrogen-bond donors (Lipinski definition) is 1. The summed E-state index contributed by atoms with van der Waals surface area (Å²) in [6.45, 7) is 4.90. The molecule has 1 aromatic carbocycles. The van der Waals surface area contributed by atoms with Crippen LogP contribution in [0.1, 0.15) is 19.3 Å². The van der Waals surface area contributed by atoms with Gasteiger partial charge in [-0.1, -0.05) is 24.6 Å². The van der Waals surface area contributed by atoms with Gasteiger partial charge >= 0.3 is 0 Å². The highest BCUT2D eigenvalue weighted by molar-refractivity contribution is 5.92. The second kappa shape index (κ2) is 4.57. The highest BCUT2D eigenvalue weighted by atomic mass is 15.3. The largest absolute Gasteiger partial charge is 0.367 e. The molecule has 2 aliphatic heterocycles. The summed E-state index contributed by atoms with van der Waals surface area (Å²) in [5.41, 5.74) is 2.64. The summed E-state index contributed by atoms with van der Waals surface area (Å²) in [5.74, 6) is 0. The van der Waals surface area contributed by atoms with E-state index in [1.165, 1.54) is 62.0 Å². The van der Waals surface area contributed by atoms with Crippen molar-refractivity contribution in [1.29, 1.82) is 0 Å². The van der Waals surface area contributed by atoms with E-state index in [1.54, 1.807) is 0 Å². The predicted molar refractivity (Wildman–Crippen MR) is 79.7 cm³/mol. The minimum absolute atomic E-state index is 0.774. The Morgan fingerprint density at radius 1 is 1.05 bits per heavy atom. The third kappa shape index (κ3) is 1.93. The number of aromatic nitrogens is 1. The smallest absolute Gasteiger partial charge is 0.0624 e. The minimum Gasteiger partial charge on any atom is -0.367 e. The predicted octanol–water partition coefficient (Wildman–Crippen LogP) is 2.84. The van der Waals surface area contributed by atoms with Crippen LogP contribution in [-0.4, -0.2) is 42.1 Å². The van der Waals surface area contributed by atoms with Crippen molar-refractivity contribution in [2.24, 2.45) is 0 Å². The van der Waals surface area contributed by atoms with Gasteiger partial charge in [0.2, 0.25) is 0 Å². The maximum Gasteiger partial charge on any atom is 0.0624 e. The van der Waals surface area contributed by atoms with E-state index in [1.807, 2.05) is 0 Å². The molecule has 19 heavy (non-hydrogen) atoms. The molecule has 3 nitrogen and oxygen atoms in total. The number of nitrogens with one attached hydrogen (secondary N) is 1. The number of H-pyrrole nitrogens is 1. The SMILES string of the molecule is c1ccc2c(N3CCN4CCCC[C@@H]4C3)c[nH]c2c1. The van der Waals surface area contributed by atoms with E-state index in [2.05, 4.69) is 45.2 Å². The Balaban J connectivity index is 1.62. The highest BCUT2D eigenvalue weighted by Gasteiger charge is 2.29. The van der Waals surface area contributed by atoms with Crippen molar-refractivity contribution >= 4 is 16.6 Å². The van der Waals surface area contributed by atoms with E-state index in [-0.39, 0.29) is 0 Å². The quantitative estimate of drug-likeness (QED) is 0.846. The highest BCUT2D eigenvalue weighted by Crippen LogP contribution is 2.30. The average molecular weight is 255 g/mol. The third-order valence-corrected chi connectivity index (χ3v) is 4.75. The zero-order valence-corrected chi connectivity index (χ0v) is 11.3. The summed E-state index contributed by atoms with van der Waals surface area (Å²) in [5, 5.41) is 1.37. The van der Waals surface area contributed by atoms with Crippen molar-refractivity contribution in [1.82, 2.24) is 9.88 Å². The Morgan fingerprint density at radius 2 is 2.00 bits per heavy atom. The monoisotopic (exact) mass is 255 g/mol. The number of piperidine rings is 1. The molecule has 0 bridgehead atoms. The van der Waals surface area contributed by atoms with Crippen LogP contribution in [0.3, 0.4) is 0 Å². The van der Waals surface area contributed by atoms with Gasteiger partial charge < -0.3 is 9.88 Å². The number of hydrogen-bond acceptors (Lipinski definition) is 2. The maximum absolute atomic E-state index is 3.40. The summed E-state index contributed by atoms with van der Waals surface area (Å²) < 4.78 is 0. The molecular weight excluding hydrogens is 234 g/mol. The van der Waals surface area contributed by atoms with Crippen molar-refractivity contribution in [3.63, 3.8) is 0 Å². The number of rotatable bonds is 1. The van der Waals surface area contributed by atoms with Gasteiger partial charge in [-0.3, -0.25) is 4.90 Å². The van der Waals surface area contributed by atoms with Crippen LogP contribution in [0.5, 0.6) is 0 Å². The van der Waals surface area contributed by atoms with Crippen molar-refractivity contribution in [2.75, 3.05) is 31.1 Å². The molecule has 0 amide bonds. The molecule has 0 aliphatic carbocycles. The minimum atomic E-state index is 0.774. The van der Waals surface area contributed by atoms with Crippen LogP contribution in [0.2, 0.25) is 0 Å². The van der Waals surface area contributed by atoms with Crippen LogP contribution in [0, 0.1) is 0 Å². The molecule has 1 N–H and O–H groups in total. The van der Waals surface area contributed by atoms with Gasteiger partial charge in [-0.05, 0) is 25.5 Å². The van der Waals surface area contributed by atoms with Gasteiger partial charge in [0.05, 0.1) is 5.69 Å². The Hall–Kier alpha value is -1.48. The Bertz CT molecular complexity index is 574. The standard InChI is InChI=1S/C16H21N3/c1-2-7-15-14(6-1)16(11-17-15)19-10-9-18-8-4-3-5-13(18)12-19/h1-2,6-7,11,13,17H,3-5,8-10,12H2/t13-/m1/s1. The van der Waals surface area contributed by atoms with Crippen LogP contribution in [0.4, 0.5) is 5.69 Å². The lowest BCUT2D eigenvalue weighted by Gasteiger charge is -2.44. The lowest BCUT2D eigenvalue weighted by atomic mass is 9.99. The van der Waals surface area contributed by atoms with Crippen LogP contribution >= 0.6 is 0 Å². The molecule has 3 heteroatoms. The molecular formula is C16H21N3. The average Bonchev–Trinajstić information content (AvgIpc) is 2.91. The number of aromatic amines is 1. The summed E-state index contributed by atoms with van der Waals surface area (Å²) in [6, 6.07) is 9.40. The van der Waals surface area contributed by atoms with Gasteiger partial charge in [0.1, 0.15) is 0 Å². The Kier molecular flexibility index (Phi) is 2.73. The van der Waals surface area contributed by atoms with E-state index in [0.29, 0.717) is 0 Å². The number of fused-ring (bicyclic) bond motifs is 2. The van der Waals surface area contributed by atoms with Crippen molar-refractivity contribution in [2.45, 2.75) is 25.3 Å². The van der Waals surface area contributed by atoms with E-state index in [9.17, 15) is 0 Å². The lowest BCUT2D eigenvalue weighted by molar-refractivity contribution is 0.133. The first-order chi connectivity index (χ1) is 9.42. The van der Waals surface area contributed by atoms with Crippen LogP contribution in [-0.2, 0) is 0 Å². The summed E-state index contributed by atoms with van der Waals surface area (Å²) >= 11 is 0. The van der Waals surface area contributed by atoms with Crippen molar-refractivity contribution < 1.29 is 0 Å². The van der Waals surface area contributed by atoms with Crippen LogP contribution < -0.4 is 4.90 Å². The summed E-state index contributed by atoms with van der Waals surface area (Å²) in [4.78, 5) is 8.67. The zero-order valence-electron chi connectivity index (χ0n) is 11.3.